The van der Waals surface area contributed by atoms with E-state index in [1.54, 1.807) is 0 Å². The van der Waals surface area contributed by atoms with Crippen LogP contribution in [-0.4, -0.2) is 21.7 Å². The van der Waals surface area contributed by atoms with Gasteiger partial charge in [-0.2, -0.15) is 5.10 Å². The molecule has 4 heteroatoms. The molecule has 1 aliphatic rings. The highest BCUT2D eigenvalue weighted by molar-refractivity contribution is 5.44. The van der Waals surface area contributed by atoms with Crippen LogP contribution < -0.4 is 5.32 Å². The smallest absolute Gasteiger partial charge is 0.153 e. The van der Waals surface area contributed by atoms with Gasteiger partial charge < -0.3 is 5.32 Å². The third kappa shape index (κ3) is 2.70. The summed E-state index contributed by atoms with van der Waals surface area (Å²) in [5, 5.41) is 10.7. The van der Waals surface area contributed by atoms with E-state index >= 15 is 0 Å². The number of hydrogen-bond donors (Lipinski definition) is 2. The van der Waals surface area contributed by atoms with Crippen LogP contribution >= 0.6 is 0 Å². The SMILES string of the molecule is Cc1ccc(NCCc2nc(C3CC3)n[nH]2)cc1. The molecule has 1 saturated carbocycles. The topological polar surface area (TPSA) is 53.6 Å². The van der Waals surface area contributed by atoms with Gasteiger partial charge in [0.2, 0.25) is 0 Å². The van der Waals surface area contributed by atoms with Crippen LogP contribution in [0.3, 0.4) is 0 Å². The Morgan fingerprint density at radius 2 is 2.06 bits per heavy atom. The Morgan fingerprint density at radius 3 is 2.78 bits per heavy atom. The number of hydrogen-bond acceptors (Lipinski definition) is 3. The summed E-state index contributed by atoms with van der Waals surface area (Å²) < 4.78 is 0. The molecule has 0 aliphatic heterocycles. The van der Waals surface area contributed by atoms with Gasteiger partial charge in [-0.25, -0.2) is 4.98 Å². The van der Waals surface area contributed by atoms with Gasteiger partial charge in [0, 0.05) is 24.6 Å². The zero-order valence-electron chi connectivity index (χ0n) is 10.6. The van der Waals surface area contributed by atoms with Crippen LogP contribution in [0, 0.1) is 6.92 Å². The summed E-state index contributed by atoms with van der Waals surface area (Å²) in [5.41, 5.74) is 2.44. The monoisotopic (exact) mass is 242 g/mol. The molecule has 1 aromatic carbocycles. The number of aromatic amines is 1. The average Bonchev–Trinajstić information content (AvgIpc) is 3.12. The van der Waals surface area contributed by atoms with E-state index in [4.69, 9.17) is 0 Å². The van der Waals surface area contributed by atoms with E-state index in [9.17, 15) is 0 Å². The minimum atomic E-state index is 0.625. The van der Waals surface area contributed by atoms with Crippen molar-refractivity contribution in [1.29, 1.82) is 0 Å². The van der Waals surface area contributed by atoms with Crippen molar-refractivity contribution in [2.75, 3.05) is 11.9 Å². The first-order chi connectivity index (χ1) is 8.81. The number of aromatic nitrogens is 3. The summed E-state index contributed by atoms with van der Waals surface area (Å²) in [4.78, 5) is 4.51. The van der Waals surface area contributed by atoms with Crippen molar-refractivity contribution in [1.82, 2.24) is 15.2 Å². The molecule has 0 bridgehead atoms. The molecular formula is C14H18N4. The largest absolute Gasteiger partial charge is 0.385 e. The fourth-order valence-corrected chi connectivity index (χ4v) is 1.94. The maximum atomic E-state index is 4.51. The van der Waals surface area contributed by atoms with Crippen molar-refractivity contribution in [2.24, 2.45) is 0 Å². The van der Waals surface area contributed by atoms with Crippen molar-refractivity contribution in [2.45, 2.75) is 32.1 Å². The van der Waals surface area contributed by atoms with Crippen LogP contribution in [0.25, 0.3) is 0 Å². The van der Waals surface area contributed by atoms with Crippen LogP contribution in [0.5, 0.6) is 0 Å². The van der Waals surface area contributed by atoms with Gasteiger partial charge in [-0.3, -0.25) is 5.10 Å². The Hall–Kier alpha value is -1.84. The molecule has 0 spiro atoms. The number of anilines is 1. The number of aryl methyl sites for hydroxylation is 1. The fraction of sp³-hybridized carbons (Fsp3) is 0.429. The summed E-state index contributed by atoms with van der Waals surface area (Å²) in [6.07, 6.45) is 3.38. The molecule has 0 radical (unpaired) electrons. The van der Waals surface area contributed by atoms with Crippen molar-refractivity contribution in [3.8, 4) is 0 Å². The summed E-state index contributed by atoms with van der Waals surface area (Å²) in [7, 11) is 0. The standard InChI is InChI=1S/C14H18N4/c1-10-2-6-12(7-3-10)15-9-8-13-16-14(18-17-13)11-4-5-11/h2-3,6-7,11,15H,4-5,8-9H2,1H3,(H,16,17,18). The lowest BCUT2D eigenvalue weighted by Crippen LogP contribution is -2.05. The molecule has 2 N–H and O–H groups in total. The lowest BCUT2D eigenvalue weighted by Gasteiger charge is -2.04. The van der Waals surface area contributed by atoms with Crippen molar-refractivity contribution in [3.63, 3.8) is 0 Å². The molecule has 94 valence electrons. The van der Waals surface area contributed by atoms with Crippen LogP contribution in [0.15, 0.2) is 24.3 Å². The van der Waals surface area contributed by atoms with Gasteiger partial charge in [0.25, 0.3) is 0 Å². The maximum Gasteiger partial charge on any atom is 0.153 e. The highest BCUT2D eigenvalue weighted by atomic mass is 15.2. The first kappa shape index (κ1) is 11.3. The quantitative estimate of drug-likeness (QED) is 0.847. The Balaban J connectivity index is 1.49. The number of nitrogens with one attached hydrogen (secondary N) is 2. The Kier molecular flexibility index (Phi) is 3.00. The summed E-state index contributed by atoms with van der Waals surface area (Å²) in [6, 6.07) is 8.43. The van der Waals surface area contributed by atoms with Gasteiger partial charge in [0.1, 0.15) is 5.82 Å². The second-order valence-corrected chi connectivity index (χ2v) is 4.96. The molecule has 0 atom stereocenters. The highest BCUT2D eigenvalue weighted by Gasteiger charge is 2.27. The summed E-state index contributed by atoms with van der Waals surface area (Å²) in [5.74, 6) is 2.61. The molecular weight excluding hydrogens is 224 g/mol. The molecule has 1 aliphatic carbocycles. The maximum absolute atomic E-state index is 4.51. The lowest BCUT2D eigenvalue weighted by atomic mass is 10.2. The second-order valence-electron chi connectivity index (χ2n) is 4.96. The van der Waals surface area contributed by atoms with Crippen LogP contribution in [0.2, 0.25) is 0 Å². The Labute approximate surface area is 107 Å². The predicted molar refractivity (Wildman–Crippen MR) is 71.7 cm³/mol. The van der Waals surface area contributed by atoms with Crippen LogP contribution in [0.1, 0.15) is 36.0 Å². The van der Waals surface area contributed by atoms with Gasteiger partial charge in [-0.1, -0.05) is 17.7 Å². The van der Waals surface area contributed by atoms with E-state index in [1.165, 1.54) is 18.4 Å². The van der Waals surface area contributed by atoms with Gasteiger partial charge in [0.15, 0.2) is 5.82 Å². The minimum absolute atomic E-state index is 0.625. The number of rotatable bonds is 5. The van der Waals surface area contributed by atoms with E-state index < -0.39 is 0 Å². The first-order valence-corrected chi connectivity index (χ1v) is 6.53. The normalized spacial score (nSPS) is 14.7. The van der Waals surface area contributed by atoms with E-state index in [0.717, 1.165) is 30.3 Å². The molecule has 4 nitrogen and oxygen atoms in total. The highest BCUT2D eigenvalue weighted by Crippen LogP contribution is 2.37. The second kappa shape index (κ2) is 4.80. The summed E-state index contributed by atoms with van der Waals surface area (Å²) in [6.45, 7) is 2.97. The predicted octanol–water partition coefficient (Wildman–Crippen LogP) is 2.65. The van der Waals surface area contributed by atoms with E-state index in [1.807, 2.05) is 0 Å². The molecule has 2 aromatic rings. The van der Waals surface area contributed by atoms with Gasteiger partial charge in [0.05, 0.1) is 0 Å². The average molecular weight is 242 g/mol. The van der Waals surface area contributed by atoms with Gasteiger partial charge in [-0.15, -0.1) is 0 Å². The van der Waals surface area contributed by atoms with Crippen LogP contribution in [0.4, 0.5) is 5.69 Å². The fourth-order valence-electron chi connectivity index (χ4n) is 1.94. The van der Waals surface area contributed by atoms with E-state index in [0.29, 0.717) is 5.92 Å². The Morgan fingerprint density at radius 1 is 1.28 bits per heavy atom. The molecule has 3 rings (SSSR count). The number of H-pyrrole nitrogens is 1. The molecule has 1 aromatic heterocycles. The third-order valence-electron chi connectivity index (χ3n) is 3.23. The van der Waals surface area contributed by atoms with Crippen LogP contribution in [-0.2, 0) is 6.42 Å². The van der Waals surface area contributed by atoms with Crippen molar-refractivity contribution < 1.29 is 0 Å². The molecule has 0 unspecified atom stereocenters. The molecule has 18 heavy (non-hydrogen) atoms. The zero-order chi connectivity index (χ0) is 12.4. The molecule has 1 heterocycles. The van der Waals surface area contributed by atoms with Crippen molar-refractivity contribution >= 4 is 5.69 Å². The zero-order valence-corrected chi connectivity index (χ0v) is 10.6. The van der Waals surface area contributed by atoms with Gasteiger partial charge >= 0.3 is 0 Å². The molecule has 0 amide bonds. The third-order valence-corrected chi connectivity index (χ3v) is 3.23. The lowest BCUT2D eigenvalue weighted by molar-refractivity contribution is 0.901. The van der Waals surface area contributed by atoms with E-state index in [-0.39, 0.29) is 0 Å². The number of benzene rings is 1. The minimum Gasteiger partial charge on any atom is -0.385 e. The van der Waals surface area contributed by atoms with Crippen molar-refractivity contribution in [3.05, 3.63) is 41.5 Å². The number of nitrogens with zero attached hydrogens (tertiary/aromatic N) is 2. The Bertz CT molecular complexity index is 511. The first-order valence-electron chi connectivity index (χ1n) is 6.53. The van der Waals surface area contributed by atoms with Gasteiger partial charge in [-0.05, 0) is 31.9 Å². The molecule has 0 saturated heterocycles. The summed E-state index contributed by atoms with van der Waals surface area (Å²) >= 11 is 0. The van der Waals surface area contributed by atoms with E-state index in [2.05, 4.69) is 51.7 Å². The molecule has 1 fully saturated rings.